The molecule has 3 fully saturated rings. The summed E-state index contributed by atoms with van der Waals surface area (Å²) >= 11 is 2.09. The highest BCUT2D eigenvalue weighted by Crippen LogP contribution is 2.41. The molecule has 4 nitrogen and oxygen atoms in total. The molecule has 1 saturated carbocycles. The lowest BCUT2D eigenvalue weighted by Crippen LogP contribution is -2.61. The van der Waals surface area contributed by atoms with E-state index in [1.807, 2.05) is 20.8 Å². The smallest absolute Gasteiger partial charge is 0.410 e. The van der Waals surface area contributed by atoms with Crippen LogP contribution in [0.5, 0.6) is 0 Å². The van der Waals surface area contributed by atoms with Crippen LogP contribution in [0.15, 0.2) is 0 Å². The van der Waals surface area contributed by atoms with Gasteiger partial charge in [0, 0.05) is 18.1 Å². The molecule has 1 N–H and O–H groups in total. The van der Waals surface area contributed by atoms with Crippen molar-refractivity contribution in [2.75, 3.05) is 24.6 Å². The molecule has 144 valence electrons. The van der Waals surface area contributed by atoms with Crippen LogP contribution >= 0.6 is 11.8 Å². The van der Waals surface area contributed by atoms with Crippen LogP contribution in [-0.4, -0.2) is 52.8 Å². The van der Waals surface area contributed by atoms with Gasteiger partial charge in [0.05, 0.1) is 0 Å². The fraction of sp³-hybridized carbons (Fsp3) is 0.950. The summed E-state index contributed by atoms with van der Waals surface area (Å²) in [6.07, 6.45) is 9.50. The molecule has 0 aromatic heterocycles. The Morgan fingerprint density at radius 1 is 1.24 bits per heavy atom. The fourth-order valence-corrected chi connectivity index (χ4v) is 6.02. The molecule has 2 aliphatic heterocycles. The summed E-state index contributed by atoms with van der Waals surface area (Å²) in [7, 11) is 0. The molecule has 1 aliphatic carbocycles. The summed E-state index contributed by atoms with van der Waals surface area (Å²) in [5.74, 6) is 3.48. The van der Waals surface area contributed by atoms with Gasteiger partial charge in [-0.2, -0.15) is 11.8 Å². The maximum absolute atomic E-state index is 12.8. The van der Waals surface area contributed by atoms with Crippen molar-refractivity contribution in [3.05, 3.63) is 0 Å². The number of ether oxygens (including phenoxy) is 1. The Bertz CT molecular complexity index is 451. The molecule has 2 heterocycles. The number of hydrogen-bond donors (Lipinski definition) is 1. The lowest BCUT2D eigenvalue weighted by atomic mass is 9.73. The Balaban J connectivity index is 1.63. The Kier molecular flexibility index (Phi) is 6.25. The molecule has 0 bridgehead atoms. The number of thioether (sulfide) groups is 1. The second kappa shape index (κ2) is 8.08. The first-order valence-corrected chi connectivity index (χ1v) is 11.4. The second-order valence-corrected chi connectivity index (χ2v) is 10.4. The van der Waals surface area contributed by atoms with E-state index in [-0.39, 0.29) is 11.6 Å². The van der Waals surface area contributed by atoms with Gasteiger partial charge in [-0.1, -0.05) is 19.3 Å². The van der Waals surface area contributed by atoms with E-state index in [2.05, 4.69) is 22.0 Å². The number of nitrogens with one attached hydrogen (secondary N) is 1. The SMILES string of the molecule is CC(C)(C)OC(=O)N1CCC(NCC2CCSC2)CC12CCCCC2. The Hall–Kier alpha value is -0.420. The molecule has 2 unspecified atom stereocenters. The summed E-state index contributed by atoms with van der Waals surface area (Å²) in [6.45, 7) is 7.89. The second-order valence-electron chi connectivity index (χ2n) is 9.24. The van der Waals surface area contributed by atoms with Gasteiger partial charge >= 0.3 is 6.09 Å². The molecule has 5 heteroatoms. The quantitative estimate of drug-likeness (QED) is 0.800. The van der Waals surface area contributed by atoms with Gasteiger partial charge in [0.25, 0.3) is 0 Å². The van der Waals surface area contributed by atoms with Crippen LogP contribution < -0.4 is 5.32 Å². The average Bonchev–Trinajstić information content (AvgIpc) is 3.05. The highest BCUT2D eigenvalue weighted by Gasteiger charge is 2.46. The van der Waals surface area contributed by atoms with Crippen LogP contribution in [0.2, 0.25) is 0 Å². The van der Waals surface area contributed by atoms with Gasteiger partial charge in [-0.3, -0.25) is 0 Å². The number of carbonyl (C=O) groups excluding carboxylic acids is 1. The van der Waals surface area contributed by atoms with Crippen LogP contribution in [0.25, 0.3) is 0 Å². The van der Waals surface area contributed by atoms with E-state index in [1.54, 1.807) is 0 Å². The minimum atomic E-state index is -0.415. The summed E-state index contributed by atoms with van der Waals surface area (Å²) < 4.78 is 5.75. The van der Waals surface area contributed by atoms with Crippen molar-refractivity contribution >= 4 is 17.9 Å². The molecular formula is C20H36N2O2S. The number of rotatable bonds is 3. The van der Waals surface area contributed by atoms with E-state index < -0.39 is 5.60 Å². The van der Waals surface area contributed by atoms with Crippen LogP contribution in [0.1, 0.15) is 72.1 Å². The van der Waals surface area contributed by atoms with Crippen molar-refractivity contribution in [3.8, 4) is 0 Å². The van der Waals surface area contributed by atoms with E-state index >= 15 is 0 Å². The summed E-state index contributed by atoms with van der Waals surface area (Å²) in [4.78, 5) is 14.9. The highest BCUT2D eigenvalue weighted by atomic mass is 32.2. The molecule has 2 saturated heterocycles. The number of likely N-dealkylation sites (tertiary alicyclic amines) is 1. The lowest BCUT2D eigenvalue weighted by Gasteiger charge is -2.51. The molecule has 1 amide bonds. The fourth-order valence-electron chi connectivity index (χ4n) is 4.73. The van der Waals surface area contributed by atoms with Crippen molar-refractivity contribution in [2.45, 2.75) is 89.3 Å². The van der Waals surface area contributed by atoms with Gasteiger partial charge in [0.1, 0.15) is 5.60 Å². The van der Waals surface area contributed by atoms with Crippen LogP contribution in [0.4, 0.5) is 4.79 Å². The Labute approximate surface area is 157 Å². The zero-order valence-electron chi connectivity index (χ0n) is 16.3. The third kappa shape index (κ3) is 5.06. The third-order valence-electron chi connectivity index (χ3n) is 6.02. The van der Waals surface area contributed by atoms with E-state index in [0.29, 0.717) is 6.04 Å². The maximum Gasteiger partial charge on any atom is 0.410 e. The zero-order valence-corrected chi connectivity index (χ0v) is 17.1. The number of amides is 1. The molecule has 1 spiro atoms. The molecule has 0 radical (unpaired) electrons. The van der Waals surface area contributed by atoms with Crippen molar-refractivity contribution in [1.29, 1.82) is 0 Å². The van der Waals surface area contributed by atoms with Gasteiger partial charge in [0.2, 0.25) is 0 Å². The topological polar surface area (TPSA) is 41.6 Å². The normalized spacial score (nSPS) is 29.8. The molecule has 25 heavy (non-hydrogen) atoms. The van der Waals surface area contributed by atoms with Crippen LogP contribution in [0.3, 0.4) is 0 Å². The van der Waals surface area contributed by atoms with Crippen LogP contribution in [-0.2, 0) is 4.74 Å². The number of nitrogens with zero attached hydrogens (tertiary/aromatic N) is 1. The molecule has 3 aliphatic rings. The number of carbonyl (C=O) groups is 1. The van der Waals surface area contributed by atoms with Crippen molar-refractivity contribution in [3.63, 3.8) is 0 Å². The van der Waals surface area contributed by atoms with E-state index in [1.165, 1.54) is 37.2 Å². The van der Waals surface area contributed by atoms with Gasteiger partial charge in [-0.15, -0.1) is 0 Å². The number of piperidine rings is 1. The Morgan fingerprint density at radius 3 is 2.64 bits per heavy atom. The molecule has 3 rings (SSSR count). The van der Waals surface area contributed by atoms with E-state index in [0.717, 1.165) is 44.7 Å². The van der Waals surface area contributed by atoms with Crippen molar-refractivity contribution in [2.24, 2.45) is 5.92 Å². The average molecular weight is 369 g/mol. The monoisotopic (exact) mass is 368 g/mol. The van der Waals surface area contributed by atoms with Crippen LogP contribution in [0, 0.1) is 5.92 Å². The first-order chi connectivity index (χ1) is 11.9. The molecular weight excluding hydrogens is 332 g/mol. The predicted octanol–water partition coefficient (Wildman–Crippen LogP) is 4.43. The first kappa shape index (κ1) is 19.3. The van der Waals surface area contributed by atoms with Gasteiger partial charge in [-0.05, 0) is 76.8 Å². The van der Waals surface area contributed by atoms with Gasteiger partial charge in [-0.25, -0.2) is 4.79 Å². The highest BCUT2D eigenvalue weighted by molar-refractivity contribution is 7.99. The third-order valence-corrected chi connectivity index (χ3v) is 7.25. The standard InChI is InChI=1S/C20H36N2O2S/c1-19(2,3)24-18(23)22-11-7-17(21-14-16-8-12-25-15-16)13-20(22)9-5-4-6-10-20/h16-17,21H,4-15H2,1-3H3. The summed E-state index contributed by atoms with van der Waals surface area (Å²) in [5, 5.41) is 3.85. The van der Waals surface area contributed by atoms with Crippen molar-refractivity contribution < 1.29 is 9.53 Å². The first-order valence-electron chi connectivity index (χ1n) is 10.2. The number of hydrogen-bond acceptors (Lipinski definition) is 4. The van der Waals surface area contributed by atoms with Crippen molar-refractivity contribution in [1.82, 2.24) is 10.2 Å². The minimum Gasteiger partial charge on any atom is -0.444 e. The van der Waals surface area contributed by atoms with E-state index in [9.17, 15) is 4.79 Å². The van der Waals surface area contributed by atoms with Gasteiger partial charge in [0.15, 0.2) is 0 Å². The minimum absolute atomic E-state index is 0.0287. The van der Waals surface area contributed by atoms with E-state index in [4.69, 9.17) is 4.74 Å². The molecule has 0 aromatic rings. The van der Waals surface area contributed by atoms with Gasteiger partial charge < -0.3 is 15.0 Å². The zero-order chi connectivity index (χ0) is 17.9. The lowest BCUT2D eigenvalue weighted by molar-refractivity contribution is -0.0332. The largest absolute Gasteiger partial charge is 0.444 e. The maximum atomic E-state index is 12.8. The Morgan fingerprint density at radius 2 is 2.00 bits per heavy atom. The molecule has 0 aromatic carbocycles. The predicted molar refractivity (Wildman–Crippen MR) is 105 cm³/mol. The molecule has 2 atom stereocenters. The summed E-state index contributed by atoms with van der Waals surface area (Å²) in [5.41, 5.74) is -0.386. The summed E-state index contributed by atoms with van der Waals surface area (Å²) in [6, 6.07) is 0.558.